The van der Waals surface area contributed by atoms with Crippen molar-refractivity contribution in [3.8, 4) is 0 Å². The molecule has 5 nitrogen and oxygen atoms in total. The van der Waals surface area contributed by atoms with Gasteiger partial charge in [0.2, 0.25) is 5.91 Å². The van der Waals surface area contributed by atoms with Crippen molar-refractivity contribution in [1.82, 2.24) is 4.98 Å². The Labute approximate surface area is 107 Å². The van der Waals surface area contributed by atoms with Crippen LogP contribution >= 0.6 is 0 Å². The Balaban J connectivity index is 2.24. The first-order chi connectivity index (χ1) is 8.49. The molecule has 1 aliphatic rings. The van der Waals surface area contributed by atoms with E-state index in [-0.39, 0.29) is 11.8 Å². The lowest BCUT2D eigenvalue weighted by Crippen LogP contribution is -2.46. The minimum absolute atomic E-state index is 0.0825. The number of aromatic nitrogens is 1. The number of nitrogens with two attached hydrogens (primary N) is 2. The second-order valence-corrected chi connectivity index (χ2v) is 5.02. The molecule has 0 saturated carbocycles. The second-order valence-electron chi connectivity index (χ2n) is 5.02. The third-order valence-electron chi connectivity index (χ3n) is 3.69. The number of piperidine rings is 1. The maximum Gasteiger partial charge on any atom is 0.222 e. The van der Waals surface area contributed by atoms with Crippen LogP contribution in [-0.2, 0) is 4.79 Å². The maximum absolute atomic E-state index is 11.3. The van der Waals surface area contributed by atoms with E-state index >= 15 is 0 Å². The van der Waals surface area contributed by atoms with Crippen LogP contribution in [0.4, 0.5) is 11.5 Å². The van der Waals surface area contributed by atoms with E-state index in [2.05, 4.69) is 16.8 Å². The summed E-state index contributed by atoms with van der Waals surface area (Å²) >= 11 is 0. The van der Waals surface area contributed by atoms with Crippen LogP contribution in [-0.4, -0.2) is 23.5 Å². The molecule has 0 radical (unpaired) electrons. The minimum Gasteiger partial charge on any atom is -0.397 e. The Morgan fingerprint density at radius 3 is 2.78 bits per heavy atom. The molecule has 1 saturated heterocycles. The van der Waals surface area contributed by atoms with E-state index in [0.29, 0.717) is 18.3 Å². The summed E-state index contributed by atoms with van der Waals surface area (Å²) in [5, 5.41) is 0. The summed E-state index contributed by atoms with van der Waals surface area (Å²) in [6, 6.07) is 4.14. The molecule has 5 heteroatoms. The highest BCUT2D eigenvalue weighted by Crippen LogP contribution is 2.27. The van der Waals surface area contributed by atoms with E-state index in [1.54, 1.807) is 0 Å². The number of carbonyl (C=O) groups excluding carboxylic acids is 1. The zero-order valence-corrected chi connectivity index (χ0v) is 10.9. The normalized spacial score (nSPS) is 24.0. The summed E-state index contributed by atoms with van der Waals surface area (Å²) in [4.78, 5) is 17.9. The summed E-state index contributed by atoms with van der Waals surface area (Å²) in [5.74, 6) is 0.570. The quantitative estimate of drug-likeness (QED) is 0.819. The molecule has 1 aromatic heterocycles. The molecule has 2 rings (SSSR count). The van der Waals surface area contributed by atoms with Gasteiger partial charge in [-0.3, -0.25) is 4.79 Å². The van der Waals surface area contributed by atoms with E-state index in [1.807, 2.05) is 19.1 Å². The molecule has 2 atom stereocenters. The molecular formula is C13H20N4O. The van der Waals surface area contributed by atoms with Gasteiger partial charge in [0.1, 0.15) is 5.82 Å². The van der Waals surface area contributed by atoms with Crippen molar-refractivity contribution in [3.05, 3.63) is 17.8 Å². The molecule has 18 heavy (non-hydrogen) atoms. The van der Waals surface area contributed by atoms with Crippen LogP contribution in [0, 0.1) is 12.8 Å². The number of rotatable bonds is 2. The van der Waals surface area contributed by atoms with Crippen molar-refractivity contribution in [1.29, 1.82) is 0 Å². The Hall–Kier alpha value is -1.78. The van der Waals surface area contributed by atoms with Crippen LogP contribution in [0.15, 0.2) is 12.1 Å². The Bertz CT molecular complexity index is 460. The van der Waals surface area contributed by atoms with Crippen LogP contribution in [0.3, 0.4) is 0 Å². The Morgan fingerprint density at radius 1 is 1.44 bits per heavy atom. The van der Waals surface area contributed by atoms with Crippen LogP contribution in [0.5, 0.6) is 0 Å². The number of primary amides is 1. The third kappa shape index (κ3) is 2.39. The molecule has 0 spiro atoms. The number of hydrogen-bond donors (Lipinski definition) is 2. The summed E-state index contributed by atoms with van der Waals surface area (Å²) in [6.07, 6.45) is 1.82. The topological polar surface area (TPSA) is 85.2 Å². The molecule has 1 amide bonds. The van der Waals surface area contributed by atoms with Crippen LogP contribution < -0.4 is 16.4 Å². The van der Waals surface area contributed by atoms with Gasteiger partial charge in [0, 0.05) is 12.6 Å². The van der Waals surface area contributed by atoms with Gasteiger partial charge in [-0.25, -0.2) is 4.98 Å². The zero-order chi connectivity index (χ0) is 13.3. The average Bonchev–Trinajstić information content (AvgIpc) is 2.33. The van der Waals surface area contributed by atoms with E-state index < -0.39 is 0 Å². The molecule has 1 fully saturated rings. The maximum atomic E-state index is 11.3. The van der Waals surface area contributed by atoms with E-state index in [4.69, 9.17) is 11.5 Å². The highest BCUT2D eigenvalue weighted by atomic mass is 16.1. The minimum atomic E-state index is -0.223. The van der Waals surface area contributed by atoms with Gasteiger partial charge < -0.3 is 16.4 Å². The largest absolute Gasteiger partial charge is 0.397 e. The molecule has 4 N–H and O–H groups in total. The molecule has 0 bridgehead atoms. The smallest absolute Gasteiger partial charge is 0.222 e. The van der Waals surface area contributed by atoms with Gasteiger partial charge in [0.25, 0.3) is 0 Å². The van der Waals surface area contributed by atoms with Gasteiger partial charge >= 0.3 is 0 Å². The number of carbonyl (C=O) groups is 1. The Morgan fingerprint density at radius 2 is 2.17 bits per heavy atom. The molecular weight excluding hydrogens is 228 g/mol. The van der Waals surface area contributed by atoms with Gasteiger partial charge in [0.15, 0.2) is 0 Å². The van der Waals surface area contributed by atoms with Crippen LogP contribution in [0.2, 0.25) is 0 Å². The standard InChI is InChI=1S/C13H20N4O/c1-8-3-4-10(13(15)18)7-17(8)12-6-5-11(14)9(2)16-12/h5-6,8,10H,3-4,7,14H2,1-2H3,(H2,15,18). The molecule has 1 aromatic rings. The van der Waals surface area contributed by atoms with Crippen LogP contribution in [0.1, 0.15) is 25.5 Å². The fraction of sp³-hybridized carbons (Fsp3) is 0.538. The number of pyridine rings is 1. The van der Waals surface area contributed by atoms with Crippen molar-refractivity contribution in [2.75, 3.05) is 17.2 Å². The van der Waals surface area contributed by atoms with Crippen molar-refractivity contribution < 1.29 is 4.79 Å². The molecule has 0 aliphatic carbocycles. The number of aryl methyl sites for hydroxylation is 1. The summed E-state index contributed by atoms with van der Waals surface area (Å²) in [6.45, 7) is 4.68. The van der Waals surface area contributed by atoms with Gasteiger partial charge in [-0.05, 0) is 38.8 Å². The van der Waals surface area contributed by atoms with Crippen molar-refractivity contribution >= 4 is 17.4 Å². The number of nitrogens with zero attached hydrogens (tertiary/aromatic N) is 2. The monoisotopic (exact) mass is 248 g/mol. The van der Waals surface area contributed by atoms with E-state index in [1.165, 1.54) is 0 Å². The molecule has 98 valence electrons. The van der Waals surface area contributed by atoms with Gasteiger partial charge in [-0.15, -0.1) is 0 Å². The molecule has 2 heterocycles. The third-order valence-corrected chi connectivity index (χ3v) is 3.69. The lowest BCUT2D eigenvalue weighted by atomic mass is 9.93. The average molecular weight is 248 g/mol. The van der Waals surface area contributed by atoms with E-state index in [9.17, 15) is 4.79 Å². The summed E-state index contributed by atoms with van der Waals surface area (Å²) < 4.78 is 0. The van der Waals surface area contributed by atoms with Crippen molar-refractivity contribution in [2.24, 2.45) is 11.7 Å². The first kappa shape index (κ1) is 12.7. The highest BCUT2D eigenvalue weighted by Gasteiger charge is 2.29. The molecule has 0 aromatic carbocycles. The molecule has 1 aliphatic heterocycles. The fourth-order valence-corrected chi connectivity index (χ4v) is 2.38. The lowest BCUT2D eigenvalue weighted by molar-refractivity contribution is -0.122. The SMILES string of the molecule is Cc1nc(N2CC(C(N)=O)CCC2C)ccc1N. The lowest BCUT2D eigenvalue weighted by Gasteiger charge is -2.37. The number of anilines is 2. The Kier molecular flexibility index (Phi) is 3.41. The first-order valence-electron chi connectivity index (χ1n) is 6.28. The zero-order valence-electron chi connectivity index (χ0n) is 10.9. The predicted octanol–water partition coefficient (Wildman–Crippen LogP) is 1.06. The van der Waals surface area contributed by atoms with Crippen molar-refractivity contribution in [3.63, 3.8) is 0 Å². The number of nitrogen functional groups attached to an aromatic ring is 1. The van der Waals surface area contributed by atoms with Gasteiger partial charge in [-0.1, -0.05) is 0 Å². The van der Waals surface area contributed by atoms with Crippen LogP contribution in [0.25, 0.3) is 0 Å². The van der Waals surface area contributed by atoms with Crippen molar-refractivity contribution in [2.45, 2.75) is 32.7 Å². The van der Waals surface area contributed by atoms with E-state index in [0.717, 1.165) is 24.4 Å². The fourth-order valence-electron chi connectivity index (χ4n) is 2.38. The van der Waals surface area contributed by atoms with Gasteiger partial charge in [-0.2, -0.15) is 0 Å². The van der Waals surface area contributed by atoms with Gasteiger partial charge in [0.05, 0.1) is 17.3 Å². The predicted molar refractivity (Wildman–Crippen MR) is 72.1 cm³/mol. The molecule has 2 unspecified atom stereocenters. The second kappa shape index (κ2) is 4.84. The number of amides is 1. The first-order valence-corrected chi connectivity index (χ1v) is 6.28. The number of hydrogen-bond acceptors (Lipinski definition) is 4. The highest BCUT2D eigenvalue weighted by molar-refractivity contribution is 5.77. The summed E-state index contributed by atoms with van der Waals surface area (Å²) in [7, 11) is 0. The summed E-state index contributed by atoms with van der Waals surface area (Å²) in [5.41, 5.74) is 12.7.